The molecule has 0 saturated heterocycles. The Balaban J connectivity index is 1.94. The molecule has 18 heavy (non-hydrogen) atoms. The number of fused-ring (bicyclic) bond motifs is 2. The summed E-state index contributed by atoms with van der Waals surface area (Å²) in [7, 11) is 0. The van der Waals surface area contributed by atoms with Gasteiger partial charge in [-0.3, -0.25) is 0 Å². The molecule has 0 spiro atoms. The van der Waals surface area contributed by atoms with Gasteiger partial charge >= 0.3 is 0 Å². The summed E-state index contributed by atoms with van der Waals surface area (Å²) in [6.07, 6.45) is 10.1. The molecule has 0 saturated carbocycles. The molecule has 0 fully saturated rings. The standard InChI is InChI=1S/C15H11N3/c1-2-7-17-11-13(9-14(17)3-1)12-4-5-15-16-6-8-18(15)10-12/h1-11H. The first-order valence-corrected chi connectivity index (χ1v) is 5.90. The molecule has 0 aromatic carbocycles. The van der Waals surface area contributed by atoms with Crippen LogP contribution in [0.4, 0.5) is 0 Å². The van der Waals surface area contributed by atoms with Gasteiger partial charge in [-0.15, -0.1) is 0 Å². The fourth-order valence-electron chi connectivity index (χ4n) is 2.30. The highest BCUT2D eigenvalue weighted by Crippen LogP contribution is 2.22. The van der Waals surface area contributed by atoms with E-state index in [0.717, 1.165) is 5.65 Å². The third kappa shape index (κ3) is 1.34. The van der Waals surface area contributed by atoms with E-state index in [1.54, 1.807) is 0 Å². The molecule has 3 heteroatoms. The van der Waals surface area contributed by atoms with E-state index in [9.17, 15) is 0 Å². The maximum absolute atomic E-state index is 4.25. The van der Waals surface area contributed by atoms with Crippen molar-refractivity contribution in [3.8, 4) is 11.1 Å². The number of hydrogen-bond acceptors (Lipinski definition) is 1. The highest BCUT2D eigenvalue weighted by Gasteiger charge is 2.03. The van der Waals surface area contributed by atoms with Crippen molar-refractivity contribution in [1.29, 1.82) is 0 Å². The summed E-state index contributed by atoms with van der Waals surface area (Å²) in [6.45, 7) is 0. The molecule has 0 unspecified atom stereocenters. The van der Waals surface area contributed by atoms with Crippen LogP contribution in [0.5, 0.6) is 0 Å². The van der Waals surface area contributed by atoms with Gasteiger partial charge < -0.3 is 8.80 Å². The van der Waals surface area contributed by atoms with Crippen LogP contribution in [0.25, 0.3) is 22.3 Å². The van der Waals surface area contributed by atoms with Crippen molar-refractivity contribution in [3.63, 3.8) is 0 Å². The van der Waals surface area contributed by atoms with Crippen molar-refractivity contribution in [1.82, 2.24) is 13.8 Å². The maximum atomic E-state index is 4.25. The smallest absolute Gasteiger partial charge is 0.136 e. The lowest BCUT2D eigenvalue weighted by molar-refractivity contribution is 1.18. The van der Waals surface area contributed by atoms with Crippen molar-refractivity contribution in [2.24, 2.45) is 0 Å². The predicted molar refractivity (Wildman–Crippen MR) is 71.6 cm³/mol. The number of rotatable bonds is 1. The molecule has 4 heterocycles. The summed E-state index contributed by atoms with van der Waals surface area (Å²) in [5.74, 6) is 0. The molecular weight excluding hydrogens is 222 g/mol. The minimum Gasteiger partial charge on any atom is -0.323 e. The zero-order valence-corrected chi connectivity index (χ0v) is 9.69. The van der Waals surface area contributed by atoms with Crippen LogP contribution in [0, 0.1) is 0 Å². The minimum absolute atomic E-state index is 0.975. The molecule has 0 radical (unpaired) electrons. The van der Waals surface area contributed by atoms with E-state index < -0.39 is 0 Å². The predicted octanol–water partition coefficient (Wildman–Crippen LogP) is 3.25. The average molecular weight is 233 g/mol. The molecule has 0 aliphatic rings. The van der Waals surface area contributed by atoms with E-state index >= 15 is 0 Å². The van der Waals surface area contributed by atoms with Crippen LogP contribution in [-0.4, -0.2) is 13.8 Å². The van der Waals surface area contributed by atoms with Crippen LogP contribution < -0.4 is 0 Å². The van der Waals surface area contributed by atoms with E-state index in [-0.39, 0.29) is 0 Å². The summed E-state index contributed by atoms with van der Waals surface area (Å²) < 4.78 is 4.17. The molecule has 0 aliphatic carbocycles. The number of nitrogens with zero attached hydrogens (tertiary/aromatic N) is 3. The Morgan fingerprint density at radius 2 is 1.78 bits per heavy atom. The lowest BCUT2D eigenvalue weighted by atomic mass is 10.1. The molecule has 0 aliphatic heterocycles. The Labute approximate surface area is 104 Å². The second kappa shape index (κ2) is 3.47. The van der Waals surface area contributed by atoms with Crippen molar-refractivity contribution in [3.05, 3.63) is 67.4 Å². The van der Waals surface area contributed by atoms with Crippen molar-refractivity contribution >= 4 is 11.2 Å². The summed E-state index contributed by atoms with van der Waals surface area (Å²) in [5, 5.41) is 0. The van der Waals surface area contributed by atoms with Gasteiger partial charge in [-0.05, 0) is 30.3 Å². The molecule has 4 aromatic heterocycles. The Hall–Kier alpha value is -2.55. The van der Waals surface area contributed by atoms with Crippen molar-refractivity contribution in [2.75, 3.05) is 0 Å². The quantitative estimate of drug-likeness (QED) is 0.494. The van der Waals surface area contributed by atoms with E-state index in [0.29, 0.717) is 0 Å². The third-order valence-electron chi connectivity index (χ3n) is 3.23. The maximum Gasteiger partial charge on any atom is 0.136 e. The molecule has 0 amide bonds. The third-order valence-corrected chi connectivity index (χ3v) is 3.23. The van der Waals surface area contributed by atoms with Gasteiger partial charge in [-0.2, -0.15) is 0 Å². The van der Waals surface area contributed by atoms with Gasteiger partial charge in [0.15, 0.2) is 0 Å². The lowest BCUT2D eigenvalue weighted by Gasteiger charge is -1.98. The zero-order valence-electron chi connectivity index (χ0n) is 9.69. The van der Waals surface area contributed by atoms with Crippen LogP contribution in [0.2, 0.25) is 0 Å². The molecule has 0 bridgehead atoms. The second-order valence-electron chi connectivity index (χ2n) is 4.37. The Kier molecular flexibility index (Phi) is 1.83. The number of imidazole rings is 1. The van der Waals surface area contributed by atoms with Crippen LogP contribution in [0.3, 0.4) is 0 Å². The largest absolute Gasteiger partial charge is 0.323 e. The summed E-state index contributed by atoms with van der Waals surface area (Å²) in [4.78, 5) is 4.25. The van der Waals surface area contributed by atoms with Crippen LogP contribution in [0.1, 0.15) is 0 Å². The molecule has 86 valence electrons. The molecule has 4 aromatic rings. The number of pyridine rings is 2. The fourth-order valence-corrected chi connectivity index (χ4v) is 2.30. The van der Waals surface area contributed by atoms with E-state index in [2.05, 4.69) is 52.2 Å². The number of hydrogen-bond donors (Lipinski definition) is 0. The molecule has 0 N–H and O–H groups in total. The summed E-state index contributed by atoms with van der Waals surface area (Å²) in [5.41, 5.74) is 4.60. The van der Waals surface area contributed by atoms with Crippen LogP contribution in [0.15, 0.2) is 67.4 Å². The minimum atomic E-state index is 0.975. The highest BCUT2D eigenvalue weighted by molar-refractivity contribution is 5.70. The first kappa shape index (κ1) is 9.48. The van der Waals surface area contributed by atoms with Gasteiger partial charge in [-0.1, -0.05) is 6.07 Å². The highest BCUT2D eigenvalue weighted by atomic mass is 15.0. The normalized spacial score (nSPS) is 11.3. The first-order valence-electron chi connectivity index (χ1n) is 5.90. The fraction of sp³-hybridized carbons (Fsp3) is 0. The van der Waals surface area contributed by atoms with Crippen molar-refractivity contribution in [2.45, 2.75) is 0 Å². The van der Waals surface area contributed by atoms with Gasteiger partial charge in [0.25, 0.3) is 0 Å². The second-order valence-corrected chi connectivity index (χ2v) is 4.37. The monoisotopic (exact) mass is 233 g/mol. The zero-order chi connectivity index (χ0) is 11.9. The van der Waals surface area contributed by atoms with Crippen molar-refractivity contribution < 1.29 is 0 Å². The van der Waals surface area contributed by atoms with Crippen LogP contribution in [-0.2, 0) is 0 Å². The number of aromatic nitrogens is 3. The first-order chi connectivity index (χ1) is 8.90. The summed E-state index contributed by atoms with van der Waals surface area (Å²) >= 11 is 0. The van der Waals surface area contributed by atoms with Gasteiger partial charge in [0.05, 0.1) is 0 Å². The lowest BCUT2D eigenvalue weighted by Crippen LogP contribution is -1.84. The molecule has 3 nitrogen and oxygen atoms in total. The molecule has 4 rings (SSSR count). The average Bonchev–Trinajstić information content (AvgIpc) is 3.04. The van der Waals surface area contributed by atoms with Gasteiger partial charge in [-0.25, -0.2) is 4.98 Å². The van der Waals surface area contributed by atoms with E-state index in [1.807, 2.05) is 28.9 Å². The van der Waals surface area contributed by atoms with Gasteiger partial charge in [0.2, 0.25) is 0 Å². The van der Waals surface area contributed by atoms with Gasteiger partial charge in [0, 0.05) is 47.6 Å². The van der Waals surface area contributed by atoms with E-state index in [4.69, 9.17) is 0 Å². The van der Waals surface area contributed by atoms with Crippen LogP contribution >= 0.6 is 0 Å². The Morgan fingerprint density at radius 1 is 0.833 bits per heavy atom. The Bertz CT molecular complexity index is 806. The topological polar surface area (TPSA) is 21.7 Å². The summed E-state index contributed by atoms with van der Waals surface area (Å²) in [6, 6.07) is 12.5. The molecule has 0 atom stereocenters. The SMILES string of the molecule is c1ccn2cc(-c3ccc4nccn4c3)cc2c1. The van der Waals surface area contributed by atoms with E-state index in [1.165, 1.54) is 16.6 Å². The Morgan fingerprint density at radius 3 is 2.72 bits per heavy atom. The molecular formula is C15H11N3. The van der Waals surface area contributed by atoms with Gasteiger partial charge in [0.1, 0.15) is 5.65 Å².